The van der Waals surface area contributed by atoms with E-state index in [4.69, 9.17) is 4.74 Å². The van der Waals surface area contributed by atoms with E-state index in [2.05, 4.69) is 26.6 Å². The van der Waals surface area contributed by atoms with Gasteiger partial charge in [-0.1, -0.05) is 41.1 Å². The zero-order chi connectivity index (χ0) is 18.8. The van der Waals surface area contributed by atoms with Crippen LogP contribution in [0.5, 0.6) is 5.75 Å². The molecule has 0 heterocycles. The van der Waals surface area contributed by atoms with Gasteiger partial charge in [-0.15, -0.1) is 11.8 Å². The van der Waals surface area contributed by atoms with Gasteiger partial charge in [-0.05, 0) is 36.8 Å². The average molecular weight is 437 g/mol. The Balaban J connectivity index is 1.76. The minimum atomic E-state index is -0.169. The zero-order valence-corrected chi connectivity index (χ0v) is 16.9. The molecule has 0 aliphatic carbocycles. The summed E-state index contributed by atoms with van der Waals surface area (Å²) in [5.74, 6) is 0.729. The molecule has 2 N–H and O–H groups in total. The van der Waals surface area contributed by atoms with E-state index < -0.39 is 0 Å². The molecular formula is C19H21BrN2O3S. The molecule has 0 fully saturated rings. The fraction of sp³-hybridized carbons (Fsp3) is 0.263. The van der Waals surface area contributed by atoms with Gasteiger partial charge < -0.3 is 15.4 Å². The molecule has 5 nitrogen and oxygen atoms in total. The molecule has 7 heteroatoms. The molecule has 0 aliphatic heterocycles. The van der Waals surface area contributed by atoms with Gasteiger partial charge in [0.2, 0.25) is 11.8 Å². The second-order valence-electron chi connectivity index (χ2n) is 5.44. The number of thioether (sulfide) groups is 1. The van der Waals surface area contributed by atoms with Crippen molar-refractivity contribution in [3.63, 3.8) is 0 Å². The van der Waals surface area contributed by atoms with Gasteiger partial charge in [0.15, 0.2) is 0 Å². The largest absolute Gasteiger partial charge is 0.491 e. The van der Waals surface area contributed by atoms with E-state index in [1.165, 1.54) is 11.8 Å². The highest BCUT2D eigenvalue weighted by Crippen LogP contribution is 2.24. The van der Waals surface area contributed by atoms with Gasteiger partial charge in [-0.25, -0.2) is 0 Å². The first kappa shape index (κ1) is 20.3. The second kappa shape index (κ2) is 10.9. The summed E-state index contributed by atoms with van der Waals surface area (Å²) in [5, 5.41) is 5.62. The Kier molecular flexibility index (Phi) is 8.50. The molecule has 0 radical (unpaired) electrons. The minimum Gasteiger partial charge on any atom is -0.491 e. The number of benzene rings is 2. The number of amides is 2. The monoisotopic (exact) mass is 436 g/mol. The summed E-state index contributed by atoms with van der Waals surface area (Å²) in [7, 11) is 0. The first-order valence-corrected chi connectivity index (χ1v) is 10.2. The number of nitrogens with one attached hydrogen (secondary N) is 2. The Bertz CT molecular complexity index is 755. The van der Waals surface area contributed by atoms with Crippen LogP contribution in [-0.2, 0) is 9.59 Å². The number of anilines is 2. The molecule has 2 aromatic rings. The molecule has 0 saturated heterocycles. The summed E-state index contributed by atoms with van der Waals surface area (Å²) < 4.78 is 6.51. The van der Waals surface area contributed by atoms with Crippen molar-refractivity contribution in [1.82, 2.24) is 0 Å². The Labute approximate surface area is 166 Å². The van der Waals surface area contributed by atoms with E-state index in [1.807, 2.05) is 49.4 Å². The Morgan fingerprint density at radius 3 is 2.50 bits per heavy atom. The maximum atomic E-state index is 12.1. The molecule has 0 unspecified atom stereocenters. The summed E-state index contributed by atoms with van der Waals surface area (Å²) in [6.07, 6.45) is 0.894. The van der Waals surface area contributed by atoms with Crippen molar-refractivity contribution >= 4 is 50.9 Å². The van der Waals surface area contributed by atoms with Crippen LogP contribution in [0.2, 0.25) is 0 Å². The molecule has 26 heavy (non-hydrogen) atoms. The molecule has 0 spiro atoms. The first-order valence-electron chi connectivity index (χ1n) is 8.23. The van der Waals surface area contributed by atoms with Crippen molar-refractivity contribution in [3.8, 4) is 5.75 Å². The summed E-state index contributed by atoms with van der Waals surface area (Å²) in [4.78, 5) is 24.0. The lowest BCUT2D eigenvalue weighted by Gasteiger charge is -2.11. The van der Waals surface area contributed by atoms with Crippen LogP contribution in [0.25, 0.3) is 0 Å². The summed E-state index contributed by atoms with van der Waals surface area (Å²) in [6, 6.07) is 14.7. The van der Waals surface area contributed by atoms with Gasteiger partial charge in [-0.3, -0.25) is 9.59 Å². The number of carbonyl (C=O) groups excluding carboxylic acids is 2. The summed E-state index contributed by atoms with van der Waals surface area (Å²) >= 11 is 4.62. The molecular weight excluding hydrogens is 416 g/mol. The number of carbonyl (C=O) groups is 2. The predicted molar refractivity (Wildman–Crippen MR) is 111 cm³/mol. The summed E-state index contributed by atoms with van der Waals surface area (Å²) in [5.41, 5.74) is 1.36. The van der Waals surface area contributed by atoms with Gasteiger partial charge in [-0.2, -0.15) is 0 Å². The standard InChI is InChI=1S/C19H21BrN2O3S/c1-2-10-25-17-9-4-3-8-16(17)22-19(24)13-26-12-18(23)21-15-7-5-6-14(20)11-15/h3-9,11H,2,10,12-13H2,1H3,(H,21,23)(H,22,24). The number of hydrogen-bond donors (Lipinski definition) is 2. The maximum Gasteiger partial charge on any atom is 0.234 e. The molecule has 138 valence electrons. The quantitative estimate of drug-likeness (QED) is 0.604. The molecule has 0 bridgehead atoms. The highest BCUT2D eigenvalue weighted by molar-refractivity contribution is 9.10. The lowest BCUT2D eigenvalue weighted by molar-refractivity contribution is -0.114. The number of ether oxygens (including phenoxy) is 1. The van der Waals surface area contributed by atoms with Crippen molar-refractivity contribution in [3.05, 3.63) is 53.0 Å². The van der Waals surface area contributed by atoms with Gasteiger partial charge in [0.05, 0.1) is 23.8 Å². The Morgan fingerprint density at radius 1 is 1.04 bits per heavy atom. The third kappa shape index (κ3) is 7.09. The smallest absolute Gasteiger partial charge is 0.234 e. The fourth-order valence-electron chi connectivity index (χ4n) is 2.09. The van der Waals surface area contributed by atoms with Crippen LogP contribution in [-0.4, -0.2) is 29.9 Å². The molecule has 2 rings (SSSR count). The van der Waals surface area contributed by atoms with E-state index in [0.717, 1.165) is 16.6 Å². The van der Waals surface area contributed by atoms with Crippen LogP contribution in [0.4, 0.5) is 11.4 Å². The van der Waals surface area contributed by atoms with E-state index in [1.54, 1.807) is 6.07 Å². The average Bonchev–Trinajstić information content (AvgIpc) is 2.61. The van der Waals surface area contributed by atoms with E-state index in [9.17, 15) is 9.59 Å². The van der Waals surface area contributed by atoms with Crippen molar-refractivity contribution in [1.29, 1.82) is 0 Å². The van der Waals surface area contributed by atoms with Crippen LogP contribution < -0.4 is 15.4 Å². The van der Waals surface area contributed by atoms with Crippen LogP contribution in [0.15, 0.2) is 53.0 Å². The van der Waals surface area contributed by atoms with Crippen molar-refractivity contribution in [2.24, 2.45) is 0 Å². The van der Waals surface area contributed by atoms with Gasteiger partial charge in [0.25, 0.3) is 0 Å². The molecule has 2 amide bonds. The molecule has 2 aromatic carbocycles. The predicted octanol–water partition coefficient (Wildman–Crippen LogP) is 4.55. The minimum absolute atomic E-state index is 0.146. The van der Waals surface area contributed by atoms with Crippen LogP contribution >= 0.6 is 27.7 Å². The van der Waals surface area contributed by atoms with Crippen molar-refractivity contribution in [2.45, 2.75) is 13.3 Å². The fourth-order valence-corrected chi connectivity index (χ4v) is 3.11. The SMILES string of the molecule is CCCOc1ccccc1NC(=O)CSCC(=O)Nc1cccc(Br)c1. The van der Waals surface area contributed by atoms with Gasteiger partial charge in [0.1, 0.15) is 5.75 Å². The number of hydrogen-bond acceptors (Lipinski definition) is 4. The van der Waals surface area contributed by atoms with E-state index in [0.29, 0.717) is 18.0 Å². The van der Waals surface area contributed by atoms with Crippen LogP contribution in [0.1, 0.15) is 13.3 Å². The normalized spacial score (nSPS) is 10.2. The summed E-state index contributed by atoms with van der Waals surface area (Å²) in [6.45, 7) is 2.62. The third-order valence-electron chi connectivity index (χ3n) is 3.20. The Hall–Kier alpha value is -1.99. The highest BCUT2D eigenvalue weighted by Gasteiger charge is 2.09. The molecule has 0 saturated carbocycles. The number of halogens is 1. The van der Waals surface area contributed by atoms with Crippen LogP contribution in [0, 0.1) is 0 Å². The van der Waals surface area contributed by atoms with Crippen LogP contribution in [0.3, 0.4) is 0 Å². The highest BCUT2D eigenvalue weighted by atomic mass is 79.9. The number of rotatable bonds is 9. The molecule has 0 aromatic heterocycles. The van der Waals surface area contributed by atoms with Crippen molar-refractivity contribution in [2.75, 3.05) is 28.7 Å². The van der Waals surface area contributed by atoms with Crippen molar-refractivity contribution < 1.29 is 14.3 Å². The number of para-hydroxylation sites is 2. The van der Waals surface area contributed by atoms with Gasteiger partial charge >= 0.3 is 0 Å². The van der Waals surface area contributed by atoms with E-state index >= 15 is 0 Å². The lowest BCUT2D eigenvalue weighted by atomic mass is 10.3. The second-order valence-corrected chi connectivity index (χ2v) is 7.35. The third-order valence-corrected chi connectivity index (χ3v) is 4.62. The lowest BCUT2D eigenvalue weighted by Crippen LogP contribution is -2.18. The molecule has 0 aliphatic rings. The first-order chi connectivity index (χ1) is 12.6. The molecule has 0 atom stereocenters. The maximum absolute atomic E-state index is 12.1. The van der Waals surface area contributed by atoms with E-state index in [-0.39, 0.29) is 23.3 Å². The zero-order valence-electron chi connectivity index (χ0n) is 14.5. The Morgan fingerprint density at radius 2 is 1.77 bits per heavy atom. The topological polar surface area (TPSA) is 67.4 Å². The van der Waals surface area contributed by atoms with Gasteiger partial charge in [0, 0.05) is 10.2 Å².